The lowest BCUT2D eigenvalue weighted by Crippen LogP contribution is -2.58. The minimum atomic E-state index is -0.328. The van der Waals surface area contributed by atoms with Crippen molar-refractivity contribution in [1.29, 1.82) is 0 Å². The lowest BCUT2D eigenvalue weighted by Gasteiger charge is -2.49. The predicted octanol–water partition coefficient (Wildman–Crippen LogP) is 3.18. The maximum absolute atomic E-state index is 14.1. The zero-order chi connectivity index (χ0) is 22.3. The van der Waals surface area contributed by atoms with Crippen LogP contribution in [0.5, 0.6) is 5.75 Å². The first-order valence-electron chi connectivity index (χ1n) is 11.7. The Morgan fingerprint density at radius 3 is 2.52 bits per heavy atom. The Kier molecular flexibility index (Phi) is 8.55. The maximum Gasteiger partial charge on any atom is 0.194 e. The van der Waals surface area contributed by atoms with E-state index in [0.717, 1.165) is 37.7 Å². The molecule has 2 aliphatic heterocycles. The highest BCUT2D eigenvalue weighted by atomic mass is 19.1. The van der Waals surface area contributed by atoms with E-state index in [4.69, 9.17) is 9.73 Å². The average molecular weight is 434 g/mol. The highest BCUT2D eigenvalue weighted by molar-refractivity contribution is 5.79. The van der Waals surface area contributed by atoms with E-state index in [1.807, 2.05) is 13.1 Å². The smallest absolute Gasteiger partial charge is 0.194 e. The molecule has 3 rings (SSSR count). The van der Waals surface area contributed by atoms with Crippen molar-refractivity contribution in [2.45, 2.75) is 51.1 Å². The number of hydrogen-bond donors (Lipinski definition) is 1. The fourth-order valence-corrected chi connectivity index (χ4v) is 4.83. The number of halogens is 1. The number of methoxy groups -OCH3 is 1. The van der Waals surface area contributed by atoms with Gasteiger partial charge >= 0.3 is 0 Å². The number of likely N-dealkylation sites (tertiary alicyclic amines) is 2. The van der Waals surface area contributed by atoms with Gasteiger partial charge in [-0.05, 0) is 83.5 Å². The van der Waals surface area contributed by atoms with Gasteiger partial charge in [-0.1, -0.05) is 12.5 Å². The Hall–Kier alpha value is -1.86. The molecule has 1 aromatic carbocycles. The molecule has 0 aliphatic carbocycles. The molecule has 0 unspecified atom stereocenters. The highest BCUT2D eigenvalue weighted by Crippen LogP contribution is 2.32. The molecule has 1 N–H and O–H groups in total. The van der Waals surface area contributed by atoms with Crippen LogP contribution in [0.3, 0.4) is 0 Å². The van der Waals surface area contributed by atoms with Crippen molar-refractivity contribution in [3.05, 3.63) is 29.6 Å². The molecule has 0 amide bonds. The highest BCUT2D eigenvalue weighted by Gasteiger charge is 2.39. The molecule has 2 aliphatic rings. The van der Waals surface area contributed by atoms with E-state index in [0.29, 0.717) is 6.54 Å². The molecule has 2 heterocycles. The summed E-state index contributed by atoms with van der Waals surface area (Å²) in [6.45, 7) is 8.93. The largest absolute Gasteiger partial charge is 0.494 e. The molecule has 31 heavy (non-hydrogen) atoms. The van der Waals surface area contributed by atoms with Crippen LogP contribution in [0, 0.1) is 5.82 Å². The summed E-state index contributed by atoms with van der Waals surface area (Å²) in [6, 6.07) is 5.14. The summed E-state index contributed by atoms with van der Waals surface area (Å²) in [4.78, 5) is 12.4. The number of aliphatic imine (C=N–C) groups is 1. The minimum absolute atomic E-state index is 0.153. The first-order chi connectivity index (χ1) is 15.0. The summed E-state index contributed by atoms with van der Waals surface area (Å²) in [6.07, 6.45) is 6.27. The zero-order valence-corrected chi connectivity index (χ0v) is 19.8. The third kappa shape index (κ3) is 6.10. The lowest BCUT2D eigenvalue weighted by molar-refractivity contribution is 0.0206. The summed E-state index contributed by atoms with van der Waals surface area (Å²) in [5.41, 5.74) is 1.05. The molecule has 0 bridgehead atoms. The van der Waals surface area contributed by atoms with Crippen LogP contribution in [0.25, 0.3) is 0 Å². The van der Waals surface area contributed by atoms with Crippen LogP contribution in [-0.4, -0.2) is 86.7 Å². The summed E-state index contributed by atoms with van der Waals surface area (Å²) in [5, 5.41) is 3.44. The monoisotopic (exact) mass is 433 g/mol. The van der Waals surface area contributed by atoms with Crippen LogP contribution in [-0.2, 0) is 6.54 Å². The maximum atomic E-state index is 14.1. The zero-order valence-electron chi connectivity index (χ0n) is 19.8. The lowest BCUT2D eigenvalue weighted by atomic mass is 9.84. The van der Waals surface area contributed by atoms with Crippen LogP contribution in [0.1, 0.15) is 44.6 Å². The molecule has 2 saturated heterocycles. The number of rotatable bonds is 7. The van der Waals surface area contributed by atoms with Crippen LogP contribution >= 0.6 is 0 Å². The summed E-state index contributed by atoms with van der Waals surface area (Å²) >= 11 is 0. The van der Waals surface area contributed by atoms with Gasteiger partial charge in [0.15, 0.2) is 17.5 Å². The number of nitrogens with zero attached hydrogens (tertiary/aromatic N) is 4. The Balaban J connectivity index is 1.74. The molecule has 2 fully saturated rings. The van der Waals surface area contributed by atoms with Crippen LogP contribution in [0.4, 0.5) is 4.39 Å². The number of nitrogens with one attached hydrogen (secondary N) is 1. The molecule has 0 radical (unpaired) electrons. The average Bonchev–Trinajstić information content (AvgIpc) is 2.78. The number of ether oxygens (including phenoxy) is 1. The van der Waals surface area contributed by atoms with Gasteiger partial charge in [0, 0.05) is 25.7 Å². The van der Waals surface area contributed by atoms with Gasteiger partial charge in [-0.3, -0.25) is 9.89 Å². The predicted molar refractivity (Wildman–Crippen MR) is 125 cm³/mol. The van der Waals surface area contributed by atoms with Gasteiger partial charge in [0.2, 0.25) is 0 Å². The molecule has 0 aromatic heterocycles. The van der Waals surface area contributed by atoms with E-state index in [2.05, 4.69) is 34.0 Å². The number of piperidine rings is 2. The van der Waals surface area contributed by atoms with Crippen molar-refractivity contribution < 1.29 is 9.13 Å². The van der Waals surface area contributed by atoms with E-state index < -0.39 is 0 Å². The Morgan fingerprint density at radius 1 is 1.19 bits per heavy atom. The Morgan fingerprint density at radius 2 is 1.90 bits per heavy atom. The van der Waals surface area contributed by atoms with Crippen LogP contribution < -0.4 is 10.1 Å². The summed E-state index contributed by atoms with van der Waals surface area (Å²) in [5.74, 6) is 0.831. The normalized spacial score (nSPS) is 20.5. The molecule has 1 aromatic rings. The van der Waals surface area contributed by atoms with E-state index in [9.17, 15) is 4.39 Å². The van der Waals surface area contributed by atoms with Crippen molar-refractivity contribution in [2.75, 3.05) is 60.5 Å². The van der Waals surface area contributed by atoms with Gasteiger partial charge in [-0.25, -0.2) is 4.39 Å². The molecular weight excluding hydrogens is 393 g/mol. The van der Waals surface area contributed by atoms with Crippen molar-refractivity contribution >= 4 is 5.96 Å². The molecule has 0 saturated carbocycles. The summed E-state index contributed by atoms with van der Waals surface area (Å²) in [7, 11) is 5.72. The first-order valence-corrected chi connectivity index (χ1v) is 11.7. The number of guanidine groups is 1. The van der Waals surface area contributed by atoms with Crippen molar-refractivity contribution in [1.82, 2.24) is 20.0 Å². The third-order valence-electron chi connectivity index (χ3n) is 6.80. The van der Waals surface area contributed by atoms with Crippen molar-refractivity contribution in [3.8, 4) is 5.75 Å². The molecule has 6 nitrogen and oxygen atoms in total. The van der Waals surface area contributed by atoms with Gasteiger partial charge in [-0.2, -0.15) is 0 Å². The number of hydrogen-bond acceptors (Lipinski definition) is 4. The molecule has 0 atom stereocenters. The second kappa shape index (κ2) is 11.1. The molecule has 174 valence electrons. The first kappa shape index (κ1) is 23.8. The third-order valence-corrected chi connectivity index (χ3v) is 6.80. The van der Waals surface area contributed by atoms with E-state index in [1.165, 1.54) is 52.3 Å². The van der Waals surface area contributed by atoms with Gasteiger partial charge in [-0.15, -0.1) is 0 Å². The SMILES string of the molecule is CCNC(=NCC1(N2CCCCC2)CCN(C)CC1)N(C)Cc1ccc(OC)c(F)c1. The Bertz CT molecular complexity index is 727. The Labute approximate surface area is 187 Å². The van der Waals surface area contributed by atoms with Gasteiger partial charge in [0.25, 0.3) is 0 Å². The molecule has 0 spiro atoms. The van der Waals surface area contributed by atoms with E-state index >= 15 is 0 Å². The quantitative estimate of drug-likeness (QED) is 0.529. The topological polar surface area (TPSA) is 43.3 Å². The molecular formula is C24H40FN5O. The standard InChI is InChI=1S/C24H40FN5O/c1-5-26-23(29(3)18-20-9-10-22(31-4)21(25)17-20)27-19-24(11-15-28(2)16-12-24)30-13-7-6-8-14-30/h9-10,17H,5-8,11-16,18-19H2,1-4H3,(H,26,27). The molecule has 7 heteroatoms. The fourth-order valence-electron chi connectivity index (χ4n) is 4.83. The van der Waals surface area contributed by atoms with Gasteiger partial charge < -0.3 is 19.9 Å². The fraction of sp³-hybridized carbons (Fsp3) is 0.708. The van der Waals surface area contributed by atoms with Crippen LogP contribution in [0.2, 0.25) is 0 Å². The second-order valence-electron chi connectivity index (χ2n) is 9.07. The van der Waals surface area contributed by atoms with Crippen LogP contribution in [0.15, 0.2) is 23.2 Å². The van der Waals surface area contributed by atoms with E-state index in [-0.39, 0.29) is 17.1 Å². The number of benzene rings is 1. The van der Waals surface area contributed by atoms with Crippen molar-refractivity contribution in [2.24, 2.45) is 4.99 Å². The van der Waals surface area contributed by atoms with E-state index in [1.54, 1.807) is 12.1 Å². The van der Waals surface area contributed by atoms with Crippen molar-refractivity contribution in [3.63, 3.8) is 0 Å². The minimum Gasteiger partial charge on any atom is -0.494 e. The van der Waals surface area contributed by atoms with Gasteiger partial charge in [0.05, 0.1) is 13.7 Å². The summed E-state index contributed by atoms with van der Waals surface area (Å²) < 4.78 is 19.2. The van der Waals surface area contributed by atoms with Gasteiger partial charge in [0.1, 0.15) is 0 Å². The second-order valence-corrected chi connectivity index (χ2v) is 9.07.